The van der Waals surface area contributed by atoms with E-state index in [1.807, 2.05) is 0 Å². The number of aromatic nitrogens is 1. The molecule has 8 aromatic carbocycles. The maximum absolute atomic E-state index is 6.91. The van der Waals surface area contributed by atoms with Crippen LogP contribution in [0, 0.1) is 0 Å². The van der Waals surface area contributed by atoms with Gasteiger partial charge in [-0.3, -0.25) is 0 Å². The Morgan fingerprint density at radius 1 is 0.396 bits per heavy atom. The van der Waals surface area contributed by atoms with Crippen molar-refractivity contribution >= 4 is 21.8 Å². The third-order valence-electron chi connectivity index (χ3n) is 10.9. The maximum atomic E-state index is 6.91. The van der Waals surface area contributed by atoms with E-state index in [4.69, 9.17) is 4.74 Å². The van der Waals surface area contributed by atoms with Crippen LogP contribution in [-0.4, -0.2) is 4.57 Å². The van der Waals surface area contributed by atoms with E-state index in [0.717, 1.165) is 12.2 Å². The quantitative estimate of drug-likeness (QED) is 0.171. The molecule has 252 valence electrons. The Morgan fingerprint density at radius 2 is 0.943 bits per heavy atom. The summed E-state index contributed by atoms with van der Waals surface area (Å²) in [7, 11) is 0. The minimum Gasteiger partial charge on any atom is -0.485 e. The molecule has 0 saturated heterocycles. The van der Waals surface area contributed by atoms with Gasteiger partial charge in [0.15, 0.2) is 0 Å². The molecule has 0 amide bonds. The number of hydrogen-bond donors (Lipinski definition) is 0. The van der Waals surface area contributed by atoms with Gasteiger partial charge in [-0.15, -0.1) is 0 Å². The van der Waals surface area contributed by atoms with Crippen LogP contribution in [0.2, 0.25) is 0 Å². The molecule has 0 spiro atoms. The Morgan fingerprint density at radius 3 is 1.70 bits per heavy atom. The van der Waals surface area contributed by atoms with Gasteiger partial charge in [-0.1, -0.05) is 152 Å². The molecule has 0 saturated carbocycles. The standard InChI is InChI=1S/C51H37NO/c1-4-13-35(14-5-1)37-23-25-38(26-24-37)51-34-45(42-27-29-49-46(33-42)44-21-10-11-22-48(44)52(49)43-19-8-3-9-20-43)47-32-41(28-30-50(47)53-51)40-18-12-17-39(31-40)36-15-6-2-7-16-36/h1-33,45,51H,34H2. The number of ether oxygens (including phenoxy) is 1. The topological polar surface area (TPSA) is 14.2 Å². The second kappa shape index (κ2) is 13.2. The van der Waals surface area contributed by atoms with Crippen LogP contribution < -0.4 is 4.74 Å². The van der Waals surface area contributed by atoms with Gasteiger partial charge in [0.2, 0.25) is 0 Å². The van der Waals surface area contributed by atoms with Crippen molar-refractivity contribution in [2.45, 2.75) is 18.4 Å². The summed E-state index contributed by atoms with van der Waals surface area (Å²) >= 11 is 0. The normalized spacial score (nSPS) is 15.2. The SMILES string of the molecule is c1ccc(-c2ccc(C3CC(c4ccc5c(c4)c4ccccc4n5-c4ccccc4)c4cc(-c5cccc(-c6ccccc6)c5)ccc4O3)cc2)cc1. The molecule has 2 nitrogen and oxygen atoms in total. The Balaban J connectivity index is 1.10. The van der Waals surface area contributed by atoms with Crippen LogP contribution >= 0.6 is 0 Å². The third kappa shape index (κ3) is 5.70. The zero-order valence-corrected chi connectivity index (χ0v) is 29.3. The lowest BCUT2D eigenvalue weighted by atomic mass is 9.81. The number of rotatable bonds is 6. The van der Waals surface area contributed by atoms with Crippen molar-refractivity contribution in [1.82, 2.24) is 4.57 Å². The first-order chi connectivity index (χ1) is 26.3. The van der Waals surface area contributed by atoms with Crippen LogP contribution in [0.25, 0.3) is 60.9 Å². The Hall–Kier alpha value is -6.64. The molecule has 9 aromatic rings. The first kappa shape index (κ1) is 31.1. The largest absolute Gasteiger partial charge is 0.485 e. The maximum Gasteiger partial charge on any atom is 0.125 e. The van der Waals surface area contributed by atoms with Crippen molar-refractivity contribution < 1.29 is 4.74 Å². The molecule has 2 atom stereocenters. The van der Waals surface area contributed by atoms with Crippen molar-refractivity contribution in [3.05, 3.63) is 217 Å². The van der Waals surface area contributed by atoms with E-state index in [0.29, 0.717) is 0 Å². The summed E-state index contributed by atoms with van der Waals surface area (Å²) in [6, 6.07) is 72.4. The molecule has 0 fully saturated rings. The first-order valence-electron chi connectivity index (χ1n) is 18.5. The van der Waals surface area contributed by atoms with Gasteiger partial charge in [0.1, 0.15) is 11.9 Å². The van der Waals surface area contributed by atoms with Crippen LogP contribution in [0.5, 0.6) is 5.75 Å². The molecule has 0 bridgehead atoms. The van der Waals surface area contributed by atoms with E-state index in [-0.39, 0.29) is 12.0 Å². The van der Waals surface area contributed by atoms with Gasteiger partial charge < -0.3 is 9.30 Å². The van der Waals surface area contributed by atoms with Crippen molar-refractivity contribution in [3.63, 3.8) is 0 Å². The zero-order valence-electron chi connectivity index (χ0n) is 29.3. The fourth-order valence-corrected chi connectivity index (χ4v) is 8.26. The molecule has 53 heavy (non-hydrogen) atoms. The predicted molar refractivity (Wildman–Crippen MR) is 220 cm³/mol. The molecule has 0 N–H and O–H groups in total. The summed E-state index contributed by atoms with van der Waals surface area (Å²) in [5.74, 6) is 1.09. The van der Waals surface area contributed by atoms with E-state index < -0.39 is 0 Å². The highest BCUT2D eigenvalue weighted by atomic mass is 16.5. The summed E-state index contributed by atoms with van der Waals surface area (Å²) in [5.41, 5.74) is 14.6. The van der Waals surface area contributed by atoms with Crippen molar-refractivity contribution in [2.24, 2.45) is 0 Å². The monoisotopic (exact) mass is 679 g/mol. The number of hydrogen-bond acceptors (Lipinski definition) is 1. The summed E-state index contributed by atoms with van der Waals surface area (Å²) in [4.78, 5) is 0. The number of para-hydroxylation sites is 2. The van der Waals surface area contributed by atoms with Gasteiger partial charge in [0, 0.05) is 27.9 Å². The summed E-state index contributed by atoms with van der Waals surface area (Å²) < 4.78 is 9.30. The van der Waals surface area contributed by atoms with Crippen molar-refractivity contribution in [3.8, 4) is 44.8 Å². The van der Waals surface area contributed by atoms with Crippen molar-refractivity contribution in [1.29, 1.82) is 0 Å². The molecule has 1 aliphatic heterocycles. The van der Waals surface area contributed by atoms with Crippen LogP contribution in [-0.2, 0) is 0 Å². The Labute approximate surface area is 310 Å². The highest BCUT2D eigenvalue weighted by molar-refractivity contribution is 6.09. The van der Waals surface area contributed by atoms with Gasteiger partial charge in [-0.25, -0.2) is 0 Å². The first-order valence-corrected chi connectivity index (χ1v) is 18.5. The second-order valence-electron chi connectivity index (χ2n) is 14.0. The molecular weight excluding hydrogens is 643 g/mol. The summed E-state index contributed by atoms with van der Waals surface area (Å²) in [6.45, 7) is 0. The van der Waals surface area contributed by atoms with Gasteiger partial charge in [0.25, 0.3) is 0 Å². The van der Waals surface area contributed by atoms with Crippen LogP contribution in [0.15, 0.2) is 200 Å². The zero-order chi connectivity index (χ0) is 35.1. The summed E-state index contributed by atoms with van der Waals surface area (Å²) in [5, 5.41) is 2.53. The molecule has 1 aromatic heterocycles. The number of fused-ring (bicyclic) bond motifs is 4. The number of nitrogens with zero attached hydrogens (tertiary/aromatic N) is 1. The molecule has 2 heteroatoms. The third-order valence-corrected chi connectivity index (χ3v) is 10.9. The average Bonchev–Trinajstić information content (AvgIpc) is 3.58. The lowest BCUT2D eigenvalue weighted by molar-refractivity contribution is 0.167. The van der Waals surface area contributed by atoms with Gasteiger partial charge >= 0.3 is 0 Å². The molecule has 10 rings (SSSR count). The van der Waals surface area contributed by atoms with Crippen LogP contribution in [0.1, 0.15) is 35.1 Å². The lowest BCUT2D eigenvalue weighted by Gasteiger charge is -2.33. The highest BCUT2D eigenvalue weighted by Crippen LogP contribution is 2.48. The van der Waals surface area contributed by atoms with Gasteiger partial charge in [-0.05, 0) is 99.5 Å². The number of benzene rings is 8. The Bertz CT molecular complexity index is 2710. The predicted octanol–water partition coefficient (Wildman–Crippen LogP) is 13.4. The van der Waals surface area contributed by atoms with E-state index in [1.165, 1.54) is 77.6 Å². The van der Waals surface area contributed by atoms with Crippen LogP contribution in [0.4, 0.5) is 0 Å². The molecule has 0 aliphatic carbocycles. The molecule has 0 radical (unpaired) electrons. The van der Waals surface area contributed by atoms with E-state index >= 15 is 0 Å². The van der Waals surface area contributed by atoms with E-state index in [1.54, 1.807) is 0 Å². The summed E-state index contributed by atoms with van der Waals surface area (Å²) in [6.07, 6.45) is 0.763. The molecular formula is C51H37NO. The average molecular weight is 680 g/mol. The minimum absolute atomic E-state index is 0.0778. The fraction of sp³-hybridized carbons (Fsp3) is 0.0588. The highest BCUT2D eigenvalue weighted by Gasteiger charge is 2.31. The molecule has 2 heterocycles. The van der Waals surface area contributed by atoms with E-state index in [2.05, 4.69) is 205 Å². The van der Waals surface area contributed by atoms with Gasteiger partial charge in [0.05, 0.1) is 11.0 Å². The fourth-order valence-electron chi connectivity index (χ4n) is 8.26. The molecule has 2 unspecified atom stereocenters. The minimum atomic E-state index is -0.0778. The van der Waals surface area contributed by atoms with Gasteiger partial charge in [-0.2, -0.15) is 0 Å². The van der Waals surface area contributed by atoms with E-state index in [9.17, 15) is 0 Å². The second-order valence-corrected chi connectivity index (χ2v) is 14.0. The Kier molecular flexibility index (Phi) is 7.73. The van der Waals surface area contributed by atoms with Crippen molar-refractivity contribution in [2.75, 3.05) is 0 Å². The smallest absolute Gasteiger partial charge is 0.125 e. The lowest BCUT2D eigenvalue weighted by Crippen LogP contribution is -2.20. The molecule has 1 aliphatic rings. The van der Waals surface area contributed by atoms with Crippen LogP contribution in [0.3, 0.4) is 0 Å².